The minimum absolute atomic E-state index is 0.257. The van der Waals surface area contributed by atoms with Gasteiger partial charge in [-0.1, -0.05) is 13.3 Å². The van der Waals surface area contributed by atoms with E-state index in [9.17, 15) is 0 Å². The lowest BCUT2D eigenvalue weighted by Crippen LogP contribution is -2.37. The molecule has 20 heavy (non-hydrogen) atoms. The smallest absolute Gasteiger partial charge is 0.162 e. The summed E-state index contributed by atoms with van der Waals surface area (Å²) in [4.78, 5) is 8.89. The van der Waals surface area contributed by atoms with Crippen LogP contribution in [-0.2, 0) is 10.3 Å². The molecule has 5 heteroatoms. The average Bonchev–Trinajstić information content (AvgIpc) is 2.38. The van der Waals surface area contributed by atoms with Gasteiger partial charge in [-0.05, 0) is 39.0 Å². The number of aryl methyl sites for hydroxylation is 1. The number of hydrogen-bond acceptors (Lipinski definition) is 5. The molecule has 1 aliphatic rings. The molecule has 0 amide bonds. The van der Waals surface area contributed by atoms with Crippen LogP contribution >= 0.6 is 0 Å². The molecular formula is C15H22N4O. The van der Waals surface area contributed by atoms with Gasteiger partial charge in [0.25, 0.3) is 0 Å². The summed E-state index contributed by atoms with van der Waals surface area (Å²) in [5.41, 5.74) is 6.45. The molecule has 1 aliphatic carbocycles. The Morgan fingerprint density at radius 1 is 1.50 bits per heavy atom. The van der Waals surface area contributed by atoms with Gasteiger partial charge in [0, 0.05) is 6.61 Å². The molecule has 0 aliphatic heterocycles. The fraction of sp³-hybridized carbons (Fsp3) is 0.667. The summed E-state index contributed by atoms with van der Waals surface area (Å²) >= 11 is 0. The Bertz CT molecular complexity index is 510. The van der Waals surface area contributed by atoms with Crippen molar-refractivity contribution in [1.29, 1.82) is 5.26 Å². The molecule has 1 heterocycles. The van der Waals surface area contributed by atoms with Crippen LogP contribution in [0.3, 0.4) is 0 Å². The number of nitriles is 1. The third-order valence-electron chi connectivity index (χ3n) is 4.01. The molecule has 1 aromatic heterocycles. The largest absolute Gasteiger partial charge is 0.382 e. The van der Waals surface area contributed by atoms with Gasteiger partial charge in [-0.2, -0.15) is 5.26 Å². The number of aromatic nitrogens is 2. The van der Waals surface area contributed by atoms with Crippen molar-refractivity contribution < 1.29 is 4.74 Å². The fourth-order valence-corrected chi connectivity index (χ4v) is 3.12. The maximum Gasteiger partial charge on any atom is 0.162 e. The van der Waals surface area contributed by atoms with Crippen molar-refractivity contribution in [1.82, 2.24) is 9.97 Å². The van der Waals surface area contributed by atoms with Crippen LogP contribution in [0.25, 0.3) is 0 Å². The van der Waals surface area contributed by atoms with Crippen LogP contribution in [0.15, 0.2) is 0 Å². The molecule has 1 fully saturated rings. The number of ether oxygens (including phenoxy) is 1. The molecule has 2 rings (SSSR count). The first-order valence-electron chi connectivity index (χ1n) is 7.21. The fourth-order valence-electron chi connectivity index (χ4n) is 3.12. The van der Waals surface area contributed by atoms with Gasteiger partial charge >= 0.3 is 0 Å². The number of rotatable bonds is 3. The zero-order valence-electron chi connectivity index (χ0n) is 12.4. The number of anilines is 1. The maximum absolute atomic E-state index is 9.07. The summed E-state index contributed by atoms with van der Waals surface area (Å²) in [6.45, 7) is 6.63. The van der Waals surface area contributed by atoms with E-state index in [1.807, 2.05) is 6.92 Å². The summed E-state index contributed by atoms with van der Waals surface area (Å²) in [6.07, 6.45) is 4.13. The molecule has 1 saturated carbocycles. The Kier molecular flexibility index (Phi) is 4.24. The molecular weight excluding hydrogens is 252 g/mol. The summed E-state index contributed by atoms with van der Waals surface area (Å²) in [5.74, 6) is 1.48. The van der Waals surface area contributed by atoms with Gasteiger partial charge in [0.15, 0.2) is 5.82 Å². The molecule has 1 aromatic rings. The summed E-state index contributed by atoms with van der Waals surface area (Å²) in [5, 5.41) is 9.07. The molecule has 0 bridgehead atoms. The van der Waals surface area contributed by atoms with Crippen molar-refractivity contribution in [3.63, 3.8) is 0 Å². The van der Waals surface area contributed by atoms with Crippen molar-refractivity contribution in [3.8, 4) is 6.07 Å². The predicted molar refractivity (Wildman–Crippen MR) is 76.8 cm³/mol. The number of nitrogens with two attached hydrogens (primary N) is 1. The first-order chi connectivity index (χ1) is 9.52. The van der Waals surface area contributed by atoms with Crippen LogP contribution in [0.4, 0.5) is 5.82 Å². The van der Waals surface area contributed by atoms with Gasteiger partial charge in [0.05, 0.1) is 5.69 Å². The van der Waals surface area contributed by atoms with Crippen molar-refractivity contribution in [3.05, 3.63) is 17.1 Å². The average molecular weight is 274 g/mol. The lowest BCUT2D eigenvalue weighted by Gasteiger charge is -2.38. The highest BCUT2D eigenvalue weighted by atomic mass is 16.5. The Labute approximate surface area is 120 Å². The summed E-state index contributed by atoms with van der Waals surface area (Å²) < 4.78 is 6.05. The highest BCUT2D eigenvalue weighted by Gasteiger charge is 2.40. The normalized spacial score (nSPS) is 26.2. The Hall–Kier alpha value is -1.67. The monoisotopic (exact) mass is 274 g/mol. The van der Waals surface area contributed by atoms with Crippen molar-refractivity contribution in [2.45, 2.75) is 52.1 Å². The van der Waals surface area contributed by atoms with Gasteiger partial charge in [0.2, 0.25) is 0 Å². The van der Waals surface area contributed by atoms with Gasteiger partial charge < -0.3 is 10.5 Å². The number of nitrogen functional groups attached to an aromatic ring is 1. The van der Waals surface area contributed by atoms with Gasteiger partial charge in [-0.3, -0.25) is 0 Å². The third-order valence-corrected chi connectivity index (χ3v) is 4.01. The van der Waals surface area contributed by atoms with Gasteiger partial charge in [-0.25, -0.2) is 9.97 Å². The van der Waals surface area contributed by atoms with Crippen LogP contribution in [0, 0.1) is 24.2 Å². The SMILES string of the molecule is CCOC1(c2nc(C)c(C#N)c(N)n2)CCCC(C)C1. The van der Waals surface area contributed by atoms with Crippen molar-refractivity contribution in [2.75, 3.05) is 12.3 Å². The van der Waals surface area contributed by atoms with E-state index in [1.54, 1.807) is 6.92 Å². The predicted octanol–water partition coefficient (Wildman–Crippen LogP) is 2.68. The molecule has 2 atom stereocenters. The third kappa shape index (κ3) is 2.61. The Morgan fingerprint density at radius 3 is 2.80 bits per heavy atom. The molecule has 2 N–H and O–H groups in total. The number of nitrogens with zero attached hydrogens (tertiary/aromatic N) is 3. The second-order valence-corrected chi connectivity index (χ2v) is 5.63. The van der Waals surface area contributed by atoms with Crippen LogP contribution in [0.1, 0.15) is 56.6 Å². The molecule has 0 radical (unpaired) electrons. The second-order valence-electron chi connectivity index (χ2n) is 5.63. The maximum atomic E-state index is 9.07. The van der Waals surface area contributed by atoms with Crippen molar-refractivity contribution in [2.24, 2.45) is 5.92 Å². The van der Waals surface area contributed by atoms with Crippen LogP contribution in [0.5, 0.6) is 0 Å². The lowest BCUT2D eigenvalue weighted by atomic mass is 9.78. The summed E-state index contributed by atoms with van der Waals surface area (Å²) in [7, 11) is 0. The Balaban J connectivity index is 2.47. The van der Waals surface area contributed by atoms with Crippen molar-refractivity contribution >= 4 is 5.82 Å². The van der Waals surface area contributed by atoms with E-state index in [4.69, 9.17) is 15.7 Å². The quantitative estimate of drug-likeness (QED) is 0.916. The van der Waals surface area contributed by atoms with E-state index in [0.717, 1.165) is 19.3 Å². The van der Waals surface area contributed by atoms with E-state index >= 15 is 0 Å². The molecule has 0 spiro atoms. The first-order valence-corrected chi connectivity index (χ1v) is 7.21. The highest BCUT2D eigenvalue weighted by molar-refractivity contribution is 5.50. The zero-order valence-corrected chi connectivity index (χ0v) is 12.4. The second kappa shape index (κ2) is 5.76. The van der Waals surface area contributed by atoms with Crippen LogP contribution in [0.2, 0.25) is 0 Å². The lowest BCUT2D eigenvalue weighted by molar-refractivity contribution is -0.0881. The minimum atomic E-state index is -0.445. The molecule has 5 nitrogen and oxygen atoms in total. The van der Waals surface area contributed by atoms with E-state index in [-0.39, 0.29) is 5.82 Å². The van der Waals surface area contributed by atoms with Gasteiger partial charge in [-0.15, -0.1) is 0 Å². The molecule has 2 unspecified atom stereocenters. The van der Waals surface area contributed by atoms with Gasteiger partial charge in [0.1, 0.15) is 23.1 Å². The van der Waals surface area contributed by atoms with E-state index in [2.05, 4.69) is 23.0 Å². The van der Waals surface area contributed by atoms with E-state index in [0.29, 0.717) is 29.6 Å². The molecule has 108 valence electrons. The molecule has 0 saturated heterocycles. The molecule has 0 aromatic carbocycles. The van der Waals surface area contributed by atoms with E-state index in [1.165, 1.54) is 6.42 Å². The zero-order chi connectivity index (χ0) is 14.8. The topological polar surface area (TPSA) is 84.8 Å². The van der Waals surface area contributed by atoms with E-state index < -0.39 is 5.60 Å². The Morgan fingerprint density at radius 2 is 2.25 bits per heavy atom. The standard InChI is InChI=1S/C15H22N4O/c1-4-20-15(7-5-6-10(2)8-15)14-18-11(3)12(9-16)13(17)19-14/h10H,4-8H2,1-3H3,(H2,17,18,19). The first kappa shape index (κ1) is 14.7. The van der Waals surface area contributed by atoms with Crippen LogP contribution in [-0.4, -0.2) is 16.6 Å². The minimum Gasteiger partial charge on any atom is -0.382 e. The summed E-state index contributed by atoms with van der Waals surface area (Å²) in [6, 6.07) is 2.06. The number of hydrogen-bond donors (Lipinski definition) is 1. The van der Waals surface area contributed by atoms with Crippen LogP contribution < -0.4 is 5.73 Å². The highest BCUT2D eigenvalue weighted by Crippen LogP contribution is 2.42.